The third-order valence-electron chi connectivity index (χ3n) is 2.91. The third-order valence-corrected chi connectivity index (χ3v) is 4.21. The number of nitrogens with one attached hydrogen (secondary N) is 1. The lowest BCUT2D eigenvalue weighted by molar-refractivity contribution is -0.121. The molecule has 1 aliphatic heterocycles. The first-order valence-corrected chi connectivity index (χ1v) is 7.61. The number of anilines is 1. The molecule has 0 aromatic heterocycles. The van der Waals surface area contributed by atoms with Gasteiger partial charge in [0.15, 0.2) is 4.32 Å². The number of nitrogens with zero attached hydrogens (tertiary/aromatic N) is 1. The highest BCUT2D eigenvalue weighted by Crippen LogP contribution is 2.32. The highest BCUT2D eigenvalue weighted by Gasteiger charge is 2.32. The van der Waals surface area contributed by atoms with Crippen LogP contribution in [0.5, 0.6) is 0 Å². The molecule has 5 heteroatoms. The molecule has 0 spiro atoms. The van der Waals surface area contributed by atoms with Crippen LogP contribution in [0.2, 0.25) is 0 Å². The molecule has 104 valence electrons. The van der Waals surface area contributed by atoms with Crippen LogP contribution in [0.1, 0.15) is 5.56 Å². The number of rotatable bonds is 3. The lowest BCUT2D eigenvalue weighted by Gasteiger charge is -2.16. The van der Waals surface area contributed by atoms with Gasteiger partial charge in [0.05, 0.1) is 10.6 Å². The Morgan fingerprint density at radius 1 is 1.00 bits per heavy atom. The molecule has 1 heterocycles. The van der Waals surface area contributed by atoms with Crippen molar-refractivity contribution >= 4 is 46.0 Å². The molecule has 21 heavy (non-hydrogen) atoms. The van der Waals surface area contributed by atoms with Crippen molar-refractivity contribution in [2.24, 2.45) is 0 Å². The number of para-hydroxylation sites is 1. The second-order valence-electron chi connectivity index (χ2n) is 4.41. The number of carbonyl (C=O) groups is 1. The standard InChI is InChI=1S/C16H12N2OS2/c19-15-14(11-12-7-3-1-4-8-12)21-16(20)18(15)17-13-9-5-2-6-10-13/h1-11,17H/b14-11+. The summed E-state index contributed by atoms with van der Waals surface area (Å²) in [6.45, 7) is 0. The van der Waals surface area contributed by atoms with Gasteiger partial charge in [0.25, 0.3) is 5.91 Å². The molecule has 1 N–H and O–H groups in total. The summed E-state index contributed by atoms with van der Waals surface area (Å²) in [5.41, 5.74) is 4.85. The van der Waals surface area contributed by atoms with Crippen molar-refractivity contribution in [1.82, 2.24) is 5.01 Å². The Balaban J connectivity index is 1.81. The highest BCUT2D eigenvalue weighted by molar-refractivity contribution is 8.26. The molecule has 0 aliphatic carbocycles. The Hall–Kier alpha value is -2.11. The minimum atomic E-state index is -0.127. The third kappa shape index (κ3) is 3.15. The van der Waals surface area contributed by atoms with E-state index in [-0.39, 0.29) is 5.91 Å². The summed E-state index contributed by atoms with van der Waals surface area (Å²) in [6, 6.07) is 19.2. The van der Waals surface area contributed by atoms with Gasteiger partial charge in [-0.2, -0.15) is 0 Å². The van der Waals surface area contributed by atoms with E-state index in [9.17, 15) is 4.79 Å². The number of thiocarbonyl (C=S) groups is 1. The van der Waals surface area contributed by atoms with Gasteiger partial charge in [0.2, 0.25) is 0 Å². The maximum Gasteiger partial charge on any atom is 0.285 e. The summed E-state index contributed by atoms with van der Waals surface area (Å²) >= 11 is 6.58. The molecular formula is C16H12N2OS2. The fourth-order valence-corrected chi connectivity index (χ4v) is 3.09. The first-order chi connectivity index (χ1) is 10.2. The van der Waals surface area contributed by atoms with Crippen LogP contribution in [0.4, 0.5) is 5.69 Å². The largest absolute Gasteiger partial charge is 0.290 e. The van der Waals surface area contributed by atoms with E-state index in [0.29, 0.717) is 9.23 Å². The number of hydrazine groups is 1. The lowest BCUT2D eigenvalue weighted by atomic mass is 10.2. The maximum atomic E-state index is 12.4. The van der Waals surface area contributed by atoms with Crippen molar-refractivity contribution in [2.75, 3.05) is 5.43 Å². The topological polar surface area (TPSA) is 32.3 Å². The molecule has 0 bridgehead atoms. The van der Waals surface area contributed by atoms with Crippen molar-refractivity contribution < 1.29 is 4.79 Å². The van der Waals surface area contributed by atoms with Crippen LogP contribution in [-0.2, 0) is 4.79 Å². The van der Waals surface area contributed by atoms with Gasteiger partial charge in [-0.05, 0) is 36.0 Å². The van der Waals surface area contributed by atoms with E-state index in [0.717, 1.165) is 11.3 Å². The zero-order chi connectivity index (χ0) is 14.7. The second kappa shape index (κ2) is 6.11. The molecule has 3 rings (SSSR count). The van der Waals surface area contributed by atoms with E-state index < -0.39 is 0 Å². The van der Waals surface area contributed by atoms with E-state index in [2.05, 4.69) is 5.43 Å². The van der Waals surface area contributed by atoms with Gasteiger partial charge >= 0.3 is 0 Å². The minimum Gasteiger partial charge on any atom is -0.290 e. The van der Waals surface area contributed by atoms with E-state index in [1.165, 1.54) is 16.8 Å². The molecule has 1 saturated heterocycles. The Bertz CT molecular complexity index is 699. The number of hydrogen-bond donors (Lipinski definition) is 1. The van der Waals surface area contributed by atoms with Crippen molar-refractivity contribution in [1.29, 1.82) is 0 Å². The summed E-state index contributed by atoms with van der Waals surface area (Å²) in [4.78, 5) is 13.0. The fraction of sp³-hybridized carbons (Fsp3) is 0. The van der Waals surface area contributed by atoms with Gasteiger partial charge in [-0.25, -0.2) is 5.01 Å². The summed E-state index contributed by atoms with van der Waals surface area (Å²) in [6.07, 6.45) is 1.85. The quantitative estimate of drug-likeness (QED) is 0.688. The summed E-state index contributed by atoms with van der Waals surface area (Å²) < 4.78 is 0.506. The zero-order valence-electron chi connectivity index (χ0n) is 11.0. The van der Waals surface area contributed by atoms with Gasteiger partial charge in [-0.15, -0.1) is 0 Å². The van der Waals surface area contributed by atoms with Crippen molar-refractivity contribution in [3.05, 3.63) is 71.1 Å². The van der Waals surface area contributed by atoms with Crippen LogP contribution in [0, 0.1) is 0 Å². The molecule has 1 amide bonds. The molecule has 1 fully saturated rings. The minimum absolute atomic E-state index is 0.127. The van der Waals surface area contributed by atoms with Crippen LogP contribution in [0.25, 0.3) is 6.08 Å². The average Bonchev–Trinajstić information content (AvgIpc) is 2.77. The molecule has 2 aromatic rings. The molecule has 0 unspecified atom stereocenters. The van der Waals surface area contributed by atoms with Crippen LogP contribution in [0.3, 0.4) is 0 Å². The fourth-order valence-electron chi connectivity index (χ4n) is 1.91. The second-order valence-corrected chi connectivity index (χ2v) is 6.08. The summed E-state index contributed by atoms with van der Waals surface area (Å²) in [5.74, 6) is -0.127. The van der Waals surface area contributed by atoms with Gasteiger partial charge < -0.3 is 0 Å². The van der Waals surface area contributed by atoms with E-state index in [4.69, 9.17) is 12.2 Å². The summed E-state index contributed by atoms with van der Waals surface area (Å²) in [7, 11) is 0. The van der Waals surface area contributed by atoms with E-state index in [1.54, 1.807) is 0 Å². The first kappa shape index (κ1) is 13.9. The van der Waals surface area contributed by atoms with Crippen molar-refractivity contribution in [3.63, 3.8) is 0 Å². The van der Waals surface area contributed by atoms with Crippen LogP contribution >= 0.6 is 24.0 Å². The molecule has 3 nitrogen and oxygen atoms in total. The molecule has 0 radical (unpaired) electrons. The Morgan fingerprint density at radius 3 is 2.29 bits per heavy atom. The molecule has 1 aliphatic rings. The van der Waals surface area contributed by atoms with Crippen LogP contribution < -0.4 is 5.43 Å². The molecule has 0 saturated carbocycles. The Morgan fingerprint density at radius 2 is 1.62 bits per heavy atom. The van der Waals surface area contributed by atoms with E-state index >= 15 is 0 Å². The first-order valence-electron chi connectivity index (χ1n) is 6.39. The van der Waals surface area contributed by atoms with Crippen molar-refractivity contribution in [3.8, 4) is 0 Å². The van der Waals surface area contributed by atoms with E-state index in [1.807, 2.05) is 66.7 Å². The van der Waals surface area contributed by atoms with Gasteiger partial charge in [-0.3, -0.25) is 10.2 Å². The number of thioether (sulfide) groups is 1. The van der Waals surface area contributed by atoms with Crippen molar-refractivity contribution in [2.45, 2.75) is 0 Å². The predicted octanol–water partition coefficient (Wildman–Crippen LogP) is 3.91. The lowest BCUT2D eigenvalue weighted by Crippen LogP contribution is -2.33. The number of carbonyl (C=O) groups excluding carboxylic acids is 1. The number of benzene rings is 2. The Kier molecular flexibility index (Phi) is 4.03. The van der Waals surface area contributed by atoms with Crippen LogP contribution in [0.15, 0.2) is 65.6 Å². The smallest absolute Gasteiger partial charge is 0.285 e. The molecule has 2 aromatic carbocycles. The predicted molar refractivity (Wildman–Crippen MR) is 91.5 cm³/mol. The summed E-state index contributed by atoms with van der Waals surface area (Å²) in [5, 5.41) is 1.41. The highest BCUT2D eigenvalue weighted by atomic mass is 32.2. The normalized spacial score (nSPS) is 16.6. The number of amides is 1. The molecule has 0 atom stereocenters. The monoisotopic (exact) mass is 312 g/mol. The zero-order valence-corrected chi connectivity index (χ0v) is 12.7. The average molecular weight is 312 g/mol. The number of hydrogen-bond acceptors (Lipinski definition) is 4. The SMILES string of the molecule is O=C1/C(=C\c2ccccc2)SC(=S)N1Nc1ccccc1. The molecular weight excluding hydrogens is 300 g/mol. The maximum absolute atomic E-state index is 12.4. The van der Waals surface area contributed by atoms with Crippen LogP contribution in [-0.4, -0.2) is 15.2 Å². The van der Waals surface area contributed by atoms with Gasteiger partial charge in [0, 0.05) is 0 Å². The van der Waals surface area contributed by atoms with Gasteiger partial charge in [0.1, 0.15) is 0 Å². The Labute approximate surface area is 132 Å². The van der Waals surface area contributed by atoms with Gasteiger partial charge in [-0.1, -0.05) is 60.3 Å².